The second kappa shape index (κ2) is 4.57. The smallest absolute Gasteiger partial charge is 0.255 e. The summed E-state index contributed by atoms with van der Waals surface area (Å²) in [5, 5.41) is 8.06. The molecule has 0 saturated carbocycles. The summed E-state index contributed by atoms with van der Waals surface area (Å²) < 4.78 is 1.79. The summed E-state index contributed by atoms with van der Waals surface area (Å²) in [6.45, 7) is 0.842. The molecule has 18 heavy (non-hydrogen) atoms. The van der Waals surface area contributed by atoms with Crippen LogP contribution >= 0.6 is 11.3 Å². The highest BCUT2D eigenvalue weighted by Gasteiger charge is 2.31. The van der Waals surface area contributed by atoms with Gasteiger partial charge in [-0.3, -0.25) is 9.48 Å². The fourth-order valence-electron chi connectivity index (χ4n) is 2.52. The monoisotopic (exact) mass is 261 g/mol. The molecule has 1 fully saturated rings. The van der Waals surface area contributed by atoms with Gasteiger partial charge in [-0.05, 0) is 24.3 Å². The molecule has 1 aliphatic rings. The van der Waals surface area contributed by atoms with Crippen LogP contribution in [0.2, 0.25) is 0 Å². The minimum atomic E-state index is 0.141. The Morgan fingerprint density at radius 3 is 3.11 bits per heavy atom. The summed E-state index contributed by atoms with van der Waals surface area (Å²) in [5.74, 6) is 0.141. The third kappa shape index (κ3) is 1.95. The maximum absolute atomic E-state index is 12.4. The Morgan fingerprint density at radius 2 is 2.44 bits per heavy atom. The third-order valence-electron chi connectivity index (χ3n) is 3.39. The van der Waals surface area contributed by atoms with Crippen molar-refractivity contribution in [2.75, 3.05) is 6.54 Å². The molecule has 94 valence electrons. The molecule has 0 bridgehead atoms. The van der Waals surface area contributed by atoms with Crippen molar-refractivity contribution in [2.24, 2.45) is 7.05 Å². The molecular formula is C13H15N3OS. The van der Waals surface area contributed by atoms with Crippen molar-refractivity contribution in [2.45, 2.75) is 18.9 Å². The topological polar surface area (TPSA) is 38.1 Å². The van der Waals surface area contributed by atoms with Crippen molar-refractivity contribution in [3.8, 4) is 0 Å². The molecule has 1 atom stereocenters. The first-order valence-electron chi connectivity index (χ1n) is 6.07. The summed E-state index contributed by atoms with van der Waals surface area (Å²) in [5.41, 5.74) is 1.94. The van der Waals surface area contributed by atoms with Gasteiger partial charge in [0.2, 0.25) is 0 Å². The largest absolute Gasteiger partial charge is 0.331 e. The minimum absolute atomic E-state index is 0.141. The van der Waals surface area contributed by atoms with Crippen LogP contribution in [0.25, 0.3) is 0 Å². The molecule has 3 heterocycles. The van der Waals surface area contributed by atoms with Gasteiger partial charge in [0.1, 0.15) is 0 Å². The Kier molecular flexibility index (Phi) is 2.91. The Labute approximate surface area is 110 Å². The number of rotatable bonds is 2. The summed E-state index contributed by atoms with van der Waals surface area (Å²) in [6, 6.07) is 2.08. The predicted molar refractivity (Wildman–Crippen MR) is 70.5 cm³/mol. The van der Waals surface area contributed by atoms with Crippen molar-refractivity contribution < 1.29 is 4.79 Å². The average molecular weight is 261 g/mol. The van der Waals surface area contributed by atoms with E-state index in [1.807, 2.05) is 41.2 Å². The van der Waals surface area contributed by atoms with Crippen molar-refractivity contribution in [3.63, 3.8) is 0 Å². The van der Waals surface area contributed by atoms with E-state index < -0.39 is 0 Å². The predicted octanol–water partition coefficient (Wildman–Crippen LogP) is 2.46. The van der Waals surface area contributed by atoms with E-state index >= 15 is 0 Å². The minimum Gasteiger partial charge on any atom is -0.331 e. The van der Waals surface area contributed by atoms with Gasteiger partial charge in [0.15, 0.2) is 0 Å². The average Bonchev–Trinajstić information content (AvgIpc) is 3.09. The molecule has 3 rings (SSSR count). The van der Waals surface area contributed by atoms with Crippen LogP contribution < -0.4 is 0 Å². The Balaban J connectivity index is 1.85. The van der Waals surface area contributed by atoms with Crippen LogP contribution in [-0.4, -0.2) is 27.1 Å². The Morgan fingerprint density at radius 1 is 1.56 bits per heavy atom. The highest BCUT2D eigenvalue weighted by Crippen LogP contribution is 2.32. The number of carbonyl (C=O) groups excluding carboxylic acids is 1. The molecule has 0 unspecified atom stereocenters. The molecular weight excluding hydrogens is 246 g/mol. The number of thiophene rings is 1. The van der Waals surface area contributed by atoms with Crippen LogP contribution in [0.1, 0.15) is 34.8 Å². The van der Waals surface area contributed by atoms with Crippen molar-refractivity contribution in [1.82, 2.24) is 14.7 Å². The van der Waals surface area contributed by atoms with Gasteiger partial charge in [0.05, 0.1) is 17.8 Å². The third-order valence-corrected chi connectivity index (χ3v) is 4.07. The van der Waals surface area contributed by atoms with Gasteiger partial charge in [0, 0.05) is 30.7 Å². The van der Waals surface area contributed by atoms with E-state index in [9.17, 15) is 4.79 Å². The molecule has 5 heteroatoms. The highest BCUT2D eigenvalue weighted by molar-refractivity contribution is 7.08. The molecule has 1 aliphatic heterocycles. The van der Waals surface area contributed by atoms with E-state index in [2.05, 4.69) is 5.10 Å². The number of aromatic nitrogens is 2. The van der Waals surface area contributed by atoms with Crippen molar-refractivity contribution in [3.05, 3.63) is 40.3 Å². The van der Waals surface area contributed by atoms with Crippen molar-refractivity contribution >= 4 is 17.2 Å². The molecule has 1 saturated heterocycles. The normalized spacial score (nSPS) is 19.4. The van der Waals surface area contributed by atoms with Crippen LogP contribution in [0.5, 0.6) is 0 Å². The summed E-state index contributed by atoms with van der Waals surface area (Å²) >= 11 is 1.56. The van der Waals surface area contributed by atoms with Gasteiger partial charge >= 0.3 is 0 Å². The second-order valence-electron chi connectivity index (χ2n) is 4.62. The van der Waals surface area contributed by atoms with E-state index in [-0.39, 0.29) is 11.9 Å². The second-order valence-corrected chi connectivity index (χ2v) is 5.40. The lowest BCUT2D eigenvalue weighted by molar-refractivity contribution is 0.0736. The molecule has 0 aliphatic carbocycles. The number of aryl methyl sites for hydroxylation is 1. The first kappa shape index (κ1) is 11.5. The quantitative estimate of drug-likeness (QED) is 0.833. The molecule has 0 radical (unpaired) electrons. The van der Waals surface area contributed by atoms with Crippen molar-refractivity contribution in [1.29, 1.82) is 0 Å². The Bertz CT molecular complexity index is 546. The zero-order valence-corrected chi connectivity index (χ0v) is 11.1. The maximum atomic E-state index is 12.4. The first-order chi connectivity index (χ1) is 8.75. The van der Waals surface area contributed by atoms with Crippen LogP contribution in [0.3, 0.4) is 0 Å². The van der Waals surface area contributed by atoms with Crippen LogP contribution in [0.4, 0.5) is 0 Å². The molecule has 0 aromatic carbocycles. The number of hydrogen-bond acceptors (Lipinski definition) is 3. The van der Waals surface area contributed by atoms with Crippen LogP contribution in [0.15, 0.2) is 29.2 Å². The molecule has 2 aromatic heterocycles. The molecule has 0 N–H and O–H groups in total. The molecule has 4 nitrogen and oxygen atoms in total. The van der Waals surface area contributed by atoms with E-state index in [0.717, 1.165) is 30.5 Å². The Hall–Kier alpha value is -1.62. The van der Waals surface area contributed by atoms with E-state index in [0.29, 0.717) is 0 Å². The fraction of sp³-hybridized carbons (Fsp3) is 0.385. The summed E-state index contributed by atoms with van der Waals surface area (Å²) in [4.78, 5) is 14.4. The number of carbonyl (C=O) groups is 1. The van der Waals surface area contributed by atoms with Gasteiger partial charge in [-0.2, -0.15) is 16.4 Å². The molecule has 1 amide bonds. The lowest BCUT2D eigenvalue weighted by Gasteiger charge is -2.23. The van der Waals surface area contributed by atoms with E-state index in [1.165, 1.54) is 0 Å². The van der Waals surface area contributed by atoms with Gasteiger partial charge in [-0.25, -0.2) is 0 Å². The number of hydrogen-bond donors (Lipinski definition) is 0. The van der Waals surface area contributed by atoms with Gasteiger partial charge in [-0.1, -0.05) is 0 Å². The van der Waals surface area contributed by atoms with Gasteiger partial charge in [-0.15, -0.1) is 0 Å². The number of likely N-dealkylation sites (tertiary alicyclic amines) is 1. The van der Waals surface area contributed by atoms with E-state index in [1.54, 1.807) is 16.0 Å². The van der Waals surface area contributed by atoms with Gasteiger partial charge < -0.3 is 4.90 Å². The number of amides is 1. The lowest BCUT2D eigenvalue weighted by atomic mass is 10.1. The molecule has 0 spiro atoms. The van der Waals surface area contributed by atoms with Crippen LogP contribution in [0, 0.1) is 0 Å². The van der Waals surface area contributed by atoms with E-state index in [4.69, 9.17) is 0 Å². The first-order valence-corrected chi connectivity index (χ1v) is 7.01. The van der Waals surface area contributed by atoms with Gasteiger partial charge in [0.25, 0.3) is 5.91 Å². The lowest BCUT2D eigenvalue weighted by Crippen LogP contribution is -2.30. The zero-order valence-electron chi connectivity index (χ0n) is 10.2. The maximum Gasteiger partial charge on any atom is 0.255 e. The zero-order chi connectivity index (χ0) is 12.5. The SMILES string of the molecule is Cn1cc([C@@H]2CCCN2C(=O)c2ccsc2)cn1. The summed E-state index contributed by atoms with van der Waals surface area (Å²) in [7, 11) is 1.91. The standard InChI is InChI=1S/C13H15N3OS/c1-15-8-11(7-14-15)12-3-2-5-16(12)13(17)10-4-6-18-9-10/h4,6-9,12H,2-3,5H2,1H3/t12-/m0/s1. The number of nitrogens with zero attached hydrogens (tertiary/aromatic N) is 3. The summed E-state index contributed by atoms with van der Waals surface area (Å²) in [6.07, 6.45) is 5.96. The fourth-order valence-corrected chi connectivity index (χ4v) is 3.15. The molecule has 2 aromatic rings. The van der Waals surface area contributed by atoms with Crippen LogP contribution in [-0.2, 0) is 7.05 Å². The highest BCUT2D eigenvalue weighted by atomic mass is 32.1.